The molecule has 0 aromatic heterocycles. The third-order valence-electron chi connectivity index (χ3n) is 5.10. The molecule has 0 saturated heterocycles. The van der Waals surface area contributed by atoms with E-state index in [0.717, 1.165) is 11.1 Å². The number of aryl methyl sites for hydroxylation is 3. The van der Waals surface area contributed by atoms with E-state index in [4.69, 9.17) is 21.1 Å². The van der Waals surface area contributed by atoms with Gasteiger partial charge in [-0.15, -0.1) is 0 Å². The highest BCUT2D eigenvalue weighted by Crippen LogP contribution is 2.38. The van der Waals surface area contributed by atoms with Gasteiger partial charge in [0.05, 0.1) is 11.1 Å². The monoisotopic (exact) mass is 552 g/mol. The second-order valence-electron chi connectivity index (χ2n) is 8.14. The van der Waals surface area contributed by atoms with E-state index in [0.29, 0.717) is 45.5 Å². The molecule has 3 aromatic rings. The summed E-state index contributed by atoms with van der Waals surface area (Å²) in [7, 11) is 0. The number of anilines is 1. The number of carbonyl (C=O) groups excluding carboxylic acids is 1. The molecule has 0 saturated carbocycles. The number of hydrogen-bond acceptors (Lipinski definition) is 4. The zero-order chi connectivity index (χ0) is 25.5. The largest absolute Gasteiger partial charge is 0.490 e. The van der Waals surface area contributed by atoms with E-state index < -0.39 is 5.91 Å². The minimum absolute atomic E-state index is 0.0556. The van der Waals surface area contributed by atoms with Crippen LogP contribution >= 0.6 is 27.5 Å². The number of amides is 1. The molecule has 180 valence electrons. The highest BCUT2D eigenvalue weighted by molar-refractivity contribution is 9.10. The van der Waals surface area contributed by atoms with Crippen molar-refractivity contribution in [3.05, 3.63) is 91.4 Å². The second kappa shape index (κ2) is 11.9. The summed E-state index contributed by atoms with van der Waals surface area (Å²) in [6.45, 7) is 8.66. The quantitative estimate of drug-likeness (QED) is 0.231. The molecule has 0 fully saturated rings. The van der Waals surface area contributed by atoms with E-state index in [-0.39, 0.29) is 5.57 Å². The van der Waals surface area contributed by atoms with Crippen molar-refractivity contribution in [2.24, 2.45) is 0 Å². The van der Waals surface area contributed by atoms with Gasteiger partial charge in [0.15, 0.2) is 11.5 Å². The molecule has 0 aliphatic heterocycles. The maximum atomic E-state index is 12.7. The highest BCUT2D eigenvalue weighted by Gasteiger charge is 2.15. The van der Waals surface area contributed by atoms with E-state index in [1.807, 2.05) is 19.9 Å². The average molecular weight is 554 g/mol. The van der Waals surface area contributed by atoms with Gasteiger partial charge in [0.2, 0.25) is 0 Å². The van der Waals surface area contributed by atoms with Crippen LogP contribution < -0.4 is 14.8 Å². The lowest BCUT2D eigenvalue weighted by atomic mass is 10.1. The molecule has 0 radical (unpaired) electrons. The van der Waals surface area contributed by atoms with Crippen LogP contribution in [0.3, 0.4) is 0 Å². The second-order valence-corrected chi connectivity index (χ2v) is 9.40. The molecule has 0 spiro atoms. The van der Waals surface area contributed by atoms with Gasteiger partial charge in [-0.2, -0.15) is 5.26 Å². The number of carbonyl (C=O) groups is 1. The Labute approximate surface area is 219 Å². The zero-order valence-electron chi connectivity index (χ0n) is 20.0. The van der Waals surface area contributed by atoms with Crippen LogP contribution in [0.1, 0.15) is 34.7 Å². The first-order valence-corrected chi connectivity index (χ1v) is 12.2. The van der Waals surface area contributed by atoms with Crippen molar-refractivity contribution >= 4 is 45.2 Å². The van der Waals surface area contributed by atoms with Crippen molar-refractivity contribution in [2.45, 2.75) is 34.3 Å². The lowest BCUT2D eigenvalue weighted by Crippen LogP contribution is -2.13. The van der Waals surface area contributed by atoms with E-state index in [1.165, 1.54) is 17.2 Å². The van der Waals surface area contributed by atoms with Crippen molar-refractivity contribution in [3.63, 3.8) is 0 Å². The minimum Gasteiger partial charge on any atom is -0.490 e. The minimum atomic E-state index is -0.531. The van der Waals surface area contributed by atoms with Crippen molar-refractivity contribution in [2.75, 3.05) is 11.9 Å². The molecule has 0 bridgehead atoms. The molecule has 0 atom stereocenters. The molecular formula is C28H26BrClN2O3. The summed E-state index contributed by atoms with van der Waals surface area (Å²) >= 11 is 9.69. The number of nitriles is 1. The number of rotatable bonds is 8. The van der Waals surface area contributed by atoms with Gasteiger partial charge in [-0.3, -0.25) is 4.79 Å². The lowest BCUT2D eigenvalue weighted by molar-refractivity contribution is -0.112. The Hall–Kier alpha value is -3.27. The number of ether oxygens (including phenoxy) is 2. The Bertz CT molecular complexity index is 1310. The van der Waals surface area contributed by atoms with E-state index >= 15 is 0 Å². The van der Waals surface area contributed by atoms with Gasteiger partial charge < -0.3 is 14.8 Å². The summed E-state index contributed by atoms with van der Waals surface area (Å²) in [5.41, 5.74) is 5.37. The fourth-order valence-electron chi connectivity index (χ4n) is 3.57. The van der Waals surface area contributed by atoms with Crippen LogP contribution in [0.5, 0.6) is 11.5 Å². The Morgan fingerprint density at radius 1 is 1.09 bits per heavy atom. The topological polar surface area (TPSA) is 71.3 Å². The van der Waals surface area contributed by atoms with Gasteiger partial charge in [0.1, 0.15) is 18.2 Å². The molecule has 3 rings (SSSR count). The number of nitrogens with one attached hydrogen (secondary N) is 1. The molecule has 1 N–H and O–H groups in total. The van der Waals surface area contributed by atoms with Crippen LogP contribution in [0, 0.1) is 32.1 Å². The molecule has 7 heteroatoms. The third-order valence-corrected chi connectivity index (χ3v) is 6.10. The van der Waals surface area contributed by atoms with Gasteiger partial charge in [0, 0.05) is 10.7 Å². The summed E-state index contributed by atoms with van der Waals surface area (Å²) in [5, 5.41) is 12.9. The summed E-state index contributed by atoms with van der Waals surface area (Å²) in [6.07, 6.45) is 1.51. The summed E-state index contributed by atoms with van der Waals surface area (Å²) in [4.78, 5) is 12.7. The zero-order valence-corrected chi connectivity index (χ0v) is 22.4. The number of nitrogens with zero attached hydrogens (tertiary/aromatic N) is 1. The molecule has 0 aliphatic carbocycles. The van der Waals surface area contributed by atoms with Crippen molar-refractivity contribution in [1.82, 2.24) is 0 Å². The van der Waals surface area contributed by atoms with Gasteiger partial charge in [-0.25, -0.2) is 0 Å². The van der Waals surface area contributed by atoms with E-state index in [2.05, 4.69) is 53.3 Å². The van der Waals surface area contributed by atoms with Crippen molar-refractivity contribution in [1.29, 1.82) is 5.26 Å². The van der Waals surface area contributed by atoms with Gasteiger partial charge in [-0.05, 0) is 90.7 Å². The Kier molecular flexibility index (Phi) is 8.97. The van der Waals surface area contributed by atoms with Crippen LogP contribution in [0.2, 0.25) is 5.02 Å². The van der Waals surface area contributed by atoms with Crippen LogP contribution in [0.15, 0.2) is 58.6 Å². The molecule has 1 amide bonds. The first-order chi connectivity index (χ1) is 16.7. The van der Waals surface area contributed by atoms with Gasteiger partial charge >= 0.3 is 0 Å². The Balaban J connectivity index is 1.85. The molecule has 0 aliphatic rings. The molecule has 0 heterocycles. The van der Waals surface area contributed by atoms with Crippen LogP contribution in [-0.2, 0) is 11.4 Å². The van der Waals surface area contributed by atoms with Crippen LogP contribution in [-0.4, -0.2) is 12.5 Å². The third kappa shape index (κ3) is 7.11. The van der Waals surface area contributed by atoms with Crippen molar-refractivity contribution in [3.8, 4) is 17.6 Å². The fraction of sp³-hybridized carbons (Fsp3) is 0.214. The van der Waals surface area contributed by atoms with Crippen LogP contribution in [0.4, 0.5) is 5.69 Å². The molecular weight excluding hydrogens is 528 g/mol. The Morgan fingerprint density at radius 2 is 1.80 bits per heavy atom. The van der Waals surface area contributed by atoms with Crippen molar-refractivity contribution < 1.29 is 14.3 Å². The summed E-state index contributed by atoms with van der Waals surface area (Å²) in [5.74, 6) is 0.539. The molecule has 5 nitrogen and oxygen atoms in total. The van der Waals surface area contributed by atoms with Crippen LogP contribution in [0.25, 0.3) is 6.08 Å². The molecule has 0 unspecified atom stereocenters. The Morgan fingerprint density at radius 3 is 2.43 bits per heavy atom. The van der Waals surface area contributed by atoms with Gasteiger partial charge in [-0.1, -0.05) is 47.0 Å². The van der Waals surface area contributed by atoms with E-state index in [9.17, 15) is 10.1 Å². The van der Waals surface area contributed by atoms with Gasteiger partial charge in [0.25, 0.3) is 5.91 Å². The summed E-state index contributed by atoms with van der Waals surface area (Å²) in [6, 6.07) is 17.0. The smallest absolute Gasteiger partial charge is 0.266 e. The maximum absolute atomic E-state index is 12.7. The van der Waals surface area contributed by atoms with E-state index in [1.54, 1.807) is 30.3 Å². The number of hydrogen-bond donors (Lipinski definition) is 1. The SMILES string of the molecule is CCOc1cc(/C=C(\C#N)C(=O)Nc2ccc(C)c(Cl)c2)cc(Br)c1OCc1cc(C)cc(C)c1. The molecule has 3 aromatic carbocycles. The fourth-order valence-corrected chi connectivity index (χ4v) is 4.32. The standard InChI is InChI=1S/C28H26BrClN2O3/c1-5-34-26-13-20(11-22(15-31)28(33)32-23-7-6-19(4)25(30)14-23)12-24(29)27(26)35-16-21-9-17(2)8-18(3)10-21/h6-14H,5,16H2,1-4H3,(H,32,33)/b22-11+. The first kappa shape index (κ1) is 26.3. The predicted molar refractivity (Wildman–Crippen MR) is 144 cm³/mol. The normalized spacial score (nSPS) is 11.1. The highest BCUT2D eigenvalue weighted by atomic mass is 79.9. The summed E-state index contributed by atoms with van der Waals surface area (Å²) < 4.78 is 12.6. The average Bonchev–Trinajstić information content (AvgIpc) is 2.79. The lowest BCUT2D eigenvalue weighted by Gasteiger charge is -2.15. The first-order valence-electron chi connectivity index (χ1n) is 11.1. The molecule has 35 heavy (non-hydrogen) atoms. The predicted octanol–water partition coefficient (Wildman–Crippen LogP) is 7.55. The number of benzene rings is 3. The maximum Gasteiger partial charge on any atom is 0.266 e. The number of halogens is 2.